The van der Waals surface area contributed by atoms with Crippen LogP contribution in [0.25, 0.3) is 0 Å². The maximum Gasteiger partial charge on any atom is 0.387 e. The summed E-state index contributed by atoms with van der Waals surface area (Å²) < 4.78 is 28.2. The summed E-state index contributed by atoms with van der Waals surface area (Å²) in [6.07, 6.45) is -0.297. The molecule has 78 valence electrons. The number of halogens is 2. The molecule has 0 heterocycles. The van der Waals surface area contributed by atoms with Crippen molar-refractivity contribution in [2.24, 2.45) is 0 Å². The van der Waals surface area contributed by atoms with Gasteiger partial charge in [-0.05, 0) is 12.5 Å². The van der Waals surface area contributed by atoms with Gasteiger partial charge in [0.15, 0.2) is 0 Å². The number of hydrogen-bond donors (Lipinski definition) is 1. The standard InChI is InChI=1S/C10H12F2O2/c1-2-8(13)7-5-3-4-6-9(7)14-10(11)12/h3-6,8,10,13H,2H2,1H3/t8-/m1/s1. The van der Waals surface area contributed by atoms with E-state index in [9.17, 15) is 13.9 Å². The van der Waals surface area contributed by atoms with Crippen molar-refractivity contribution in [1.29, 1.82) is 0 Å². The van der Waals surface area contributed by atoms with Crippen molar-refractivity contribution in [3.63, 3.8) is 0 Å². The summed E-state index contributed by atoms with van der Waals surface area (Å²) in [6, 6.07) is 6.25. The molecule has 0 aliphatic rings. The molecule has 0 aliphatic heterocycles. The lowest BCUT2D eigenvalue weighted by Crippen LogP contribution is -2.06. The molecule has 1 atom stereocenters. The van der Waals surface area contributed by atoms with Gasteiger partial charge in [0, 0.05) is 5.56 Å². The van der Waals surface area contributed by atoms with Crippen molar-refractivity contribution in [2.75, 3.05) is 0 Å². The van der Waals surface area contributed by atoms with E-state index in [1.807, 2.05) is 0 Å². The molecule has 0 saturated carbocycles. The number of rotatable bonds is 4. The van der Waals surface area contributed by atoms with Crippen LogP contribution in [0, 0.1) is 0 Å². The molecule has 1 aromatic carbocycles. The molecule has 0 amide bonds. The first-order valence-corrected chi connectivity index (χ1v) is 4.37. The normalized spacial score (nSPS) is 12.9. The molecule has 14 heavy (non-hydrogen) atoms. The molecule has 0 aromatic heterocycles. The second kappa shape index (κ2) is 4.91. The first kappa shape index (κ1) is 10.9. The summed E-state index contributed by atoms with van der Waals surface area (Å²) in [7, 11) is 0. The fraction of sp³-hybridized carbons (Fsp3) is 0.400. The lowest BCUT2D eigenvalue weighted by Gasteiger charge is -2.13. The smallest absolute Gasteiger partial charge is 0.387 e. The van der Waals surface area contributed by atoms with Crippen molar-refractivity contribution in [1.82, 2.24) is 0 Å². The summed E-state index contributed by atoms with van der Waals surface area (Å²) in [5.74, 6) is 0.0388. The summed E-state index contributed by atoms with van der Waals surface area (Å²) in [5, 5.41) is 9.50. The highest BCUT2D eigenvalue weighted by atomic mass is 19.3. The van der Waals surface area contributed by atoms with Gasteiger partial charge in [-0.2, -0.15) is 8.78 Å². The van der Waals surface area contributed by atoms with Gasteiger partial charge in [0.25, 0.3) is 0 Å². The minimum atomic E-state index is -2.86. The summed E-state index contributed by atoms with van der Waals surface area (Å²) in [6.45, 7) is -1.09. The van der Waals surface area contributed by atoms with Crippen LogP contribution in [-0.2, 0) is 0 Å². The van der Waals surface area contributed by atoms with Crippen LogP contribution in [0.4, 0.5) is 8.78 Å². The summed E-state index contributed by atoms with van der Waals surface area (Å²) >= 11 is 0. The predicted octanol–water partition coefficient (Wildman–Crippen LogP) is 2.73. The number of para-hydroxylation sites is 1. The van der Waals surface area contributed by atoms with Gasteiger partial charge in [0.05, 0.1) is 6.10 Å². The minimum absolute atomic E-state index is 0.0388. The Labute approximate surface area is 81.1 Å². The van der Waals surface area contributed by atoms with E-state index in [2.05, 4.69) is 4.74 Å². The Morgan fingerprint density at radius 1 is 1.36 bits per heavy atom. The van der Waals surface area contributed by atoms with Crippen molar-refractivity contribution in [3.8, 4) is 5.75 Å². The molecule has 1 rings (SSSR count). The lowest BCUT2D eigenvalue weighted by molar-refractivity contribution is -0.0515. The van der Waals surface area contributed by atoms with Crippen molar-refractivity contribution < 1.29 is 18.6 Å². The lowest BCUT2D eigenvalue weighted by atomic mass is 10.1. The van der Waals surface area contributed by atoms with Gasteiger partial charge in [-0.25, -0.2) is 0 Å². The van der Waals surface area contributed by atoms with E-state index < -0.39 is 12.7 Å². The van der Waals surface area contributed by atoms with Gasteiger partial charge in [0.1, 0.15) is 5.75 Å². The maximum absolute atomic E-state index is 12.0. The summed E-state index contributed by atoms with van der Waals surface area (Å²) in [5.41, 5.74) is 0.398. The average Bonchev–Trinajstić information content (AvgIpc) is 2.16. The second-order valence-electron chi connectivity index (χ2n) is 2.84. The number of benzene rings is 1. The van der Waals surface area contributed by atoms with Crippen LogP contribution < -0.4 is 4.74 Å². The number of hydrogen-bond acceptors (Lipinski definition) is 2. The highest BCUT2D eigenvalue weighted by molar-refractivity contribution is 5.34. The largest absolute Gasteiger partial charge is 0.434 e. The van der Waals surface area contributed by atoms with Crippen molar-refractivity contribution in [2.45, 2.75) is 26.1 Å². The van der Waals surface area contributed by atoms with Gasteiger partial charge < -0.3 is 9.84 Å². The zero-order valence-corrected chi connectivity index (χ0v) is 7.78. The highest BCUT2D eigenvalue weighted by Crippen LogP contribution is 2.27. The highest BCUT2D eigenvalue weighted by Gasteiger charge is 2.13. The van der Waals surface area contributed by atoms with Crippen LogP contribution in [0.15, 0.2) is 24.3 Å². The topological polar surface area (TPSA) is 29.5 Å². The Morgan fingerprint density at radius 3 is 2.57 bits per heavy atom. The van der Waals surface area contributed by atoms with Crippen molar-refractivity contribution in [3.05, 3.63) is 29.8 Å². The molecule has 0 saturated heterocycles. The van der Waals surface area contributed by atoms with Crippen LogP contribution in [0.1, 0.15) is 25.0 Å². The third-order valence-electron chi connectivity index (χ3n) is 1.88. The first-order valence-electron chi connectivity index (χ1n) is 4.37. The fourth-order valence-electron chi connectivity index (χ4n) is 1.18. The van der Waals surface area contributed by atoms with Crippen LogP contribution in [-0.4, -0.2) is 11.7 Å². The molecule has 1 N–H and O–H groups in total. The van der Waals surface area contributed by atoms with E-state index in [4.69, 9.17) is 0 Å². The molecule has 0 fully saturated rings. The zero-order chi connectivity index (χ0) is 10.6. The second-order valence-corrected chi connectivity index (χ2v) is 2.84. The number of alkyl halides is 2. The van der Waals surface area contributed by atoms with Gasteiger partial charge in [-0.15, -0.1) is 0 Å². The van der Waals surface area contributed by atoms with Crippen LogP contribution in [0.3, 0.4) is 0 Å². The third-order valence-corrected chi connectivity index (χ3v) is 1.88. The van der Waals surface area contributed by atoms with Gasteiger partial charge >= 0.3 is 6.61 Å². The molecule has 0 unspecified atom stereocenters. The molecule has 4 heteroatoms. The van der Waals surface area contributed by atoms with E-state index in [0.29, 0.717) is 12.0 Å². The number of aliphatic hydroxyl groups is 1. The monoisotopic (exact) mass is 202 g/mol. The van der Waals surface area contributed by atoms with Crippen LogP contribution in [0.2, 0.25) is 0 Å². The molecule has 0 aliphatic carbocycles. The number of aliphatic hydroxyl groups excluding tert-OH is 1. The Morgan fingerprint density at radius 2 is 2.00 bits per heavy atom. The van der Waals surface area contributed by atoms with Crippen LogP contribution in [0.5, 0.6) is 5.75 Å². The van der Waals surface area contributed by atoms with E-state index in [-0.39, 0.29) is 5.75 Å². The SMILES string of the molecule is CC[C@@H](O)c1ccccc1OC(F)F. The van der Waals surface area contributed by atoms with Crippen molar-refractivity contribution >= 4 is 0 Å². The average molecular weight is 202 g/mol. The first-order chi connectivity index (χ1) is 6.65. The van der Waals surface area contributed by atoms with Gasteiger partial charge in [-0.3, -0.25) is 0 Å². The minimum Gasteiger partial charge on any atom is -0.434 e. The van der Waals surface area contributed by atoms with Gasteiger partial charge in [0.2, 0.25) is 0 Å². The van der Waals surface area contributed by atoms with E-state index in [1.54, 1.807) is 25.1 Å². The molecule has 2 nitrogen and oxygen atoms in total. The predicted molar refractivity (Wildman–Crippen MR) is 48.3 cm³/mol. The fourth-order valence-corrected chi connectivity index (χ4v) is 1.18. The molecular formula is C10H12F2O2. The Bertz CT molecular complexity index is 289. The zero-order valence-electron chi connectivity index (χ0n) is 7.78. The van der Waals surface area contributed by atoms with Gasteiger partial charge in [-0.1, -0.05) is 25.1 Å². The Kier molecular flexibility index (Phi) is 3.83. The van der Waals surface area contributed by atoms with Crippen LogP contribution >= 0.6 is 0 Å². The summed E-state index contributed by atoms with van der Waals surface area (Å²) in [4.78, 5) is 0. The molecular weight excluding hydrogens is 190 g/mol. The third kappa shape index (κ3) is 2.67. The maximum atomic E-state index is 12.0. The molecule has 0 radical (unpaired) electrons. The number of ether oxygens (including phenoxy) is 1. The van der Waals surface area contributed by atoms with E-state index in [0.717, 1.165) is 0 Å². The molecule has 0 bridgehead atoms. The molecule has 1 aromatic rings. The van der Waals surface area contributed by atoms with E-state index in [1.165, 1.54) is 6.07 Å². The quantitative estimate of drug-likeness (QED) is 0.813. The Balaban J connectivity index is 2.91. The van der Waals surface area contributed by atoms with E-state index >= 15 is 0 Å². The Hall–Kier alpha value is -1.16. The molecule has 0 spiro atoms.